The van der Waals surface area contributed by atoms with Crippen molar-refractivity contribution in [2.45, 2.75) is 69.7 Å². The monoisotopic (exact) mass is 482 g/mol. The Balaban J connectivity index is 0.00000480. The second-order valence-corrected chi connectivity index (χ2v) is 11.1. The van der Waals surface area contributed by atoms with Crippen LogP contribution in [-0.2, 0) is 26.7 Å². The molecular weight excluding hydrogens is 452 g/mol. The molecule has 0 aliphatic heterocycles. The standard InChI is InChI=1S/C21H28N4O3S2.H2S/c1-12(2)15-8-7-14(10-22)19(13(3)4)16(15)9-18(26)25-30(23,28)20-24-17(11-29-20)21(5,6)27;/h7-8,11-13,27H,9H2,1-6H3,(H2,23,25,26,28);1H2. The predicted molar refractivity (Wildman–Crippen MR) is 129 cm³/mol. The second kappa shape index (κ2) is 10.2. The van der Waals surface area contributed by atoms with E-state index in [1.54, 1.807) is 25.3 Å². The van der Waals surface area contributed by atoms with E-state index in [1.807, 2.05) is 33.8 Å². The molecule has 1 heterocycles. The third-order valence-corrected chi connectivity index (χ3v) is 7.34. The molecule has 1 atom stereocenters. The Hall–Kier alpha value is -1.77. The molecule has 0 saturated heterocycles. The van der Waals surface area contributed by atoms with Gasteiger partial charge in [0.2, 0.25) is 4.34 Å². The molecule has 2 rings (SSSR count). The number of carbonyl (C=O) groups excluding carboxylic acids is 1. The number of carbonyl (C=O) groups is 1. The summed E-state index contributed by atoms with van der Waals surface area (Å²) in [5.41, 5.74) is 2.09. The molecule has 1 amide bonds. The van der Waals surface area contributed by atoms with Crippen molar-refractivity contribution in [2.75, 3.05) is 0 Å². The second-order valence-electron chi connectivity index (χ2n) is 8.30. The zero-order chi connectivity index (χ0) is 22.9. The number of benzene rings is 1. The highest BCUT2D eigenvalue weighted by Crippen LogP contribution is 2.31. The van der Waals surface area contributed by atoms with Gasteiger partial charge in [-0.05, 0) is 48.4 Å². The van der Waals surface area contributed by atoms with E-state index in [0.29, 0.717) is 11.3 Å². The van der Waals surface area contributed by atoms with Crippen molar-refractivity contribution >= 4 is 40.7 Å². The third-order valence-electron chi connectivity index (χ3n) is 4.64. The highest BCUT2D eigenvalue weighted by molar-refractivity contribution is 7.93. The maximum absolute atomic E-state index is 12.9. The summed E-state index contributed by atoms with van der Waals surface area (Å²) >= 11 is 0.993. The lowest BCUT2D eigenvalue weighted by atomic mass is 9.84. The lowest BCUT2D eigenvalue weighted by Gasteiger charge is -2.20. The molecule has 31 heavy (non-hydrogen) atoms. The summed E-state index contributed by atoms with van der Waals surface area (Å²) in [7, 11) is -3.54. The zero-order valence-corrected chi connectivity index (χ0v) is 21.2. The predicted octanol–water partition coefficient (Wildman–Crippen LogP) is 4.07. The van der Waals surface area contributed by atoms with Crippen molar-refractivity contribution in [1.82, 2.24) is 4.98 Å². The van der Waals surface area contributed by atoms with Gasteiger partial charge < -0.3 is 5.11 Å². The molecular formula is C21H30N4O3S3. The molecule has 2 aromatic rings. The van der Waals surface area contributed by atoms with Crippen LogP contribution >= 0.6 is 24.8 Å². The average Bonchev–Trinajstić information content (AvgIpc) is 3.11. The summed E-state index contributed by atoms with van der Waals surface area (Å²) in [5, 5.41) is 27.0. The van der Waals surface area contributed by atoms with Crippen molar-refractivity contribution < 1.29 is 14.1 Å². The number of aliphatic hydroxyl groups is 1. The van der Waals surface area contributed by atoms with Gasteiger partial charge >= 0.3 is 0 Å². The molecule has 170 valence electrons. The molecule has 1 unspecified atom stereocenters. The fourth-order valence-corrected chi connectivity index (χ4v) is 5.41. The number of nitrogens with zero attached hydrogens (tertiary/aromatic N) is 3. The largest absolute Gasteiger partial charge is 0.384 e. The molecule has 0 aliphatic rings. The quantitative estimate of drug-likeness (QED) is 0.641. The van der Waals surface area contributed by atoms with Gasteiger partial charge in [0.15, 0.2) is 9.92 Å². The first-order chi connectivity index (χ1) is 13.8. The first kappa shape index (κ1) is 27.3. The highest BCUT2D eigenvalue weighted by Gasteiger charge is 2.24. The summed E-state index contributed by atoms with van der Waals surface area (Å²) < 4.78 is 16.7. The van der Waals surface area contributed by atoms with Gasteiger partial charge in [-0.2, -0.15) is 18.8 Å². The zero-order valence-electron chi connectivity index (χ0n) is 18.6. The van der Waals surface area contributed by atoms with Gasteiger partial charge in [-0.3, -0.25) is 4.79 Å². The summed E-state index contributed by atoms with van der Waals surface area (Å²) in [5.74, 6) is -0.480. The van der Waals surface area contributed by atoms with Gasteiger partial charge in [0, 0.05) is 5.38 Å². The van der Waals surface area contributed by atoms with E-state index in [-0.39, 0.29) is 36.1 Å². The molecule has 0 fully saturated rings. The maximum Gasteiger partial charge on any atom is 0.259 e. The Morgan fingerprint density at radius 2 is 1.94 bits per heavy atom. The highest BCUT2D eigenvalue weighted by atomic mass is 32.2. The molecule has 0 aliphatic carbocycles. The number of hydrogen-bond acceptors (Lipinski definition) is 6. The van der Waals surface area contributed by atoms with Gasteiger partial charge in [-0.25, -0.2) is 14.3 Å². The number of nitrogens with two attached hydrogens (primary N) is 1. The Kier molecular flexibility index (Phi) is 9.00. The number of rotatable bonds is 6. The van der Waals surface area contributed by atoms with Crippen LogP contribution in [0.2, 0.25) is 0 Å². The fraction of sp³-hybridized carbons (Fsp3) is 0.476. The number of thiazole rings is 1. The molecule has 7 nitrogen and oxygen atoms in total. The van der Waals surface area contributed by atoms with Crippen LogP contribution in [0.3, 0.4) is 0 Å². The molecule has 3 N–H and O–H groups in total. The molecule has 0 bridgehead atoms. The summed E-state index contributed by atoms with van der Waals surface area (Å²) in [6.07, 6.45) is -0.103. The van der Waals surface area contributed by atoms with Crippen molar-refractivity contribution in [1.29, 1.82) is 5.26 Å². The van der Waals surface area contributed by atoms with E-state index >= 15 is 0 Å². The number of hydrogen-bond donors (Lipinski definition) is 2. The van der Waals surface area contributed by atoms with E-state index in [9.17, 15) is 19.4 Å². The summed E-state index contributed by atoms with van der Waals surface area (Å²) in [4.78, 5) is 16.9. The third kappa shape index (κ3) is 6.37. The van der Waals surface area contributed by atoms with Crippen LogP contribution in [0, 0.1) is 11.3 Å². The van der Waals surface area contributed by atoms with Crippen LogP contribution in [0.15, 0.2) is 26.2 Å². The molecule has 1 aromatic carbocycles. The molecule has 0 radical (unpaired) electrons. The first-order valence-corrected chi connectivity index (χ1v) is 12.1. The maximum atomic E-state index is 12.9. The Morgan fingerprint density at radius 3 is 2.39 bits per heavy atom. The average molecular weight is 483 g/mol. The van der Waals surface area contributed by atoms with Gasteiger partial charge in [-0.15, -0.1) is 15.7 Å². The Morgan fingerprint density at radius 1 is 1.32 bits per heavy atom. The lowest BCUT2D eigenvalue weighted by molar-refractivity contribution is -0.117. The first-order valence-electron chi connectivity index (χ1n) is 9.59. The van der Waals surface area contributed by atoms with Crippen LogP contribution in [0.25, 0.3) is 0 Å². The minimum Gasteiger partial charge on any atom is -0.384 e. The van der Waals surface area contributed by atoms with Crippen LogP contribution in [-0.4, -0.2) is 20.2 Å². The Labute approximate surface area is 195 Å². The van der Waals surface area contributed by atoms with Gasteiger partial charge in [0.05, 0.1) is 23.7 Å². The van der Waals surface area contributed by atoms with Crippen molar-refractivity contribution in [3.63, 3.8) is 0 Å². The number of aromatic nitrogens is 1. The summed E-state index contributed by atoms with van der Waals surface area (Å²) in [6.45, 7) is 11.0. The lowest BCUT2D eigenvalue weighted by Crippen LogP contribution is -2.19. The van der Waals surface area contributed by atoms with Crippen LogP contribution < -0.4 is 5.14 Å². The molecule has 1 aromatic heterocycles. The molecule has 10 heteroatoms. The van der Waals surface area contributed by atoms with E-state index in [4.69, 9.17) is 5.14 Å². The van der Waals surface area contributed by atoms with E-state index in [2.05, 4.69) is 15.4 Å². The molecule has 0 spiro atoms. The SMILES string of the molecule is CC(C)c1ccc(C#N)c(C(C)C)c1CC(=O)N=S(N)(=O)c1nc(C(C)(C)O)cs1.S. The Bertz CT molecular complexity index is 1120. The minimum atomic E-state index is -3.54. The normalized spacial score (nSPS) is 13.5. The van der Waals surface area contributed by atoms with Gasteiger partial charge in [0.25, 0.3) is 5.91 Å². The van der Waals surface area contributed by atoms with E-state index in [0.717, 1.165) is 28.0 Å². The molecule has 0 saturated carbocycles. The smallest absolute Gasteiger partial charge is 0.259 e. The van der Waals surface area contributed by atoms with Crippen molar-refractivity contribution in [3.8, 4) is 6.07 Å². The van der Waals surface area contributed by atoms with Crippen molar-refractivity contribution in [3.05, 3.63) is 45.5 Å². The van der Waals surface area contributed by atoms with Crippen LogP contribution in [0.5, 0.6) is 0 Å². The minimum absolute atomic E-state index is 0. The van der Waals surface area contributed by atoms with Crippen molar-refractivity contribution in [2.24, 2.45) is 9.50 Å². The number of nitriles is 1. The topological polar surface area (TPSA) is 129 Å². The van der Waals surface area contributed by atoms with Gasteiger partial charge in [-0.1, -0.05) is 33.8 Å². The van der Waals surface area contributed by atoms with E-state index < -0.39 is 21.4 Å². The van der Waals surface area contributed by atoms with Crippen LogP contribution in [0.4, 0.5) is 0 Å². The number of amides is 1. The van der Waals surface area contributed by atoms with Crippen LogP contribution in [0.1, 0.15) is 81.3 Å². The summed E-state index contributed by atoms with van der Waals surface area (Å²) in [6, 6.07) is 5.82. The van der Waals surface area contributed by atoms with Gasteiger partial charge in [0.1, 0.15) is 5.60 Å². The van der Waals surface area contributed by atoms with E-state index in [1.165, 1.54) is 0 Å². The fourth-order valence-electron chi connectivity index (χ4n) is 3.22.